The van der Waals surface area contributed by atoms with Crippen LogP contribution in [-0.4, -0.2) is 41.3 Å². The number of halogens is 3. The van der Waals surface area contributed by atoms with Gasteiger partial charge in [0.05, 0.1) is 30.0 Å². The maximum absolute atomic E-state index is 13.7. The molecule has 2 N–H and O–H groups in total. The lowest BCUT2D eigenvalue weighted by Crippen LogP contribution is -2.43. The van der Waals surface area contributed by atoms with Gasteiger partial charge >= 0.3 is 6.18 Å². The highest BCUT2D eigenvalue weighted by atomic mass is 32.2. The summed E-state index contributed by atoms with van der Waals surface area (Å²) in [5.74, 6) is 0.597. The number of amides is 2. The fourth-order valence-corrected chi connectivity index (χ4v) is 5.82. The monoisotopic (exact) mass is 580 g/mol. The van der Waals surface area contributed by atoms with Crippen LogP contribution in [0.3, 0.4) is 0 Å². The molecular weight excluding hydrogens is 553 g/mol. The molecule has 3 aromatic carbocycles. The van der Waals surface area contributed by atoms with Gasteiger partial charge in [-0.3, -0.25) is 9.59 Å². The number of alkyl halides is 3. The van der Waals surface area contributed by atoms with Crippen LogP contribution in [0.5, 0.6) is 5.75 Å². The summed E-state index contributed by atoms with van der Waals surface area (Å²) in [6.45, 7) is 2.48. The van der Waals surface area contributed by atoms with Crippen LogP contribution >= 0.6 is 11.8 Å². The maximum Gasteiger partial charge on any atom is 0.416 e. The maximum atomic E-state index is 13.7. The number of anilines is 2. The summed E-state index contributed by atoms with van der Waals surface area (Å²) < 4.78 is 44.7. The lowest BCUT2D eigenvalue weighted by Gasteiger charge is -2.41. The van der Waals surface area contributed by atoms with Crippen LogP contribution in [0.1, 0.15) is 40.9 Å². The van der Waals surface area contributed by atoms with E-state index in [0.29, 0.717) is 34.9 Å². The Morgan fingerprint density at radius 1 is 0.976 bits per heavy atom. The highest BCUT2D eigenvalue weighted by Crippen LogP contribution is 2.40. The number of carbonyl (C=O) groups is 2. The molecular formula is C30H27F3N4O3S. The molecule has 1 fully saturated rings. The molecule has 0 spiro atoms. The Bertz CT molecular complexity index is 1540. The Morgan fingerprint density at radius 3 is 2.44 bits per heavy atom. The van der Waals surface area contributed by atoms with E-state index in [4.69, 9.17) is 9.73 Å². The van der Waals surface area contributed by atoms with Crippen molar-refractivity contribution in [2.45, 2.75) is 25.6 Å². The molecule has 0 radical (unpaired) electrons. The first-order chi connectivity index (χ1) is 19.6. The molecule has 1 saturated heterocycles. The summed E-state index contributed by atoms with van der Waals surface area (Å²) in [5, 5.41) is 6.48. The molecule has 0 aromatic heterocycles. The normalized spacial score (nSPS) is 17.0. The number of hydrogen-bond acceptors (Lipinski definition) is 6. The molecule has 3 aromatic rings. The number of carbonyl (C=O) groups excluding carboxylic acids is 2. The van der Waals surface area contributed by atoms with E-state index in [2.05, 4.69) is 15.5 Å². The van der Waals surface area contributed by atoms with Crippen LogP contribution in [0, 0.1) is 0 Å². The van der Waals surface area contributed by atoms with Crippen molar-refractivity contribution < 1.29 is 27.5 Å². The first-order valence-corrected chi connectivity index (χ1v) is 13.9. The minimum absolute atomic E-state index is 0.111. The molecule has 2 aliphatic heterocycles. The number of hydrogen-bond donors (Lipinski definition) is 2. The average Bonchev–Trinajstić information content (AvgIpc) is 2.96. The van der Waals surface area contributed by atoms with Gasteiger partial charge < -0.3 is 20.3 Å². The van der Waals surface area contributed by atoms with Crippen molar-refractivity contribution in [1.82, 2.24) is 4.90 Å². The molecule has 11 heteroatoms. The predicted octanol–water partition coefficient (Wildman–Crippen LogP) is 6.73. The number of ether oxygens (including phenoxy) is 1. The highest BCUT2D eigenvalue weighted by Gasteiger charge is 2.37. The van der Waals surface area contributed by atoms with Gasteiger partial charge in [-0.1, -0.05) is 30.0 Å². The average molecular weight is 581 g/mol. The second kappa shape index (κ2) is 11.7. The predicted molar refractivity (Wildman–Crippen MR) is 154 cm³/mol. The standard InChI is InChI=1S/C30H27F3N4O3S/c1-18-25(28(39)35-22-10-12-24(40-2)13-11-22)26(37-14-5-15-41-29(37)34-18)19-6-4-9-23(17-19)36-27(38)20-7-3-8-21(16-20)30(31,32)33/h3-4,6-13,16-17,26H,5,14-15H2,1-2H3,(H,35,39)(H,36,38). The minimum Gasteiger partial charge on any atom is -0.497 e. The fourth-order valence-electron chi connectivity index (χ4n) is 4.80. The number of allylic oxidation sites excluding steroid dienone is 1. The van der Waals surface area contributed by atoms with Crippen molar-refractivity contribution in [2.75, 3.05) is 30.0 Å². The van der Waals surface area contributed by atoms with Gasteiger partial charge in [0, 0.05) is 29.2 Å². The summed E-state index contributed by atoms with van der Waals surface area (Å²) >= 11 is 1.62. The Balaban J connectivity index is 1.45. The summed E-state index contributed by atoms with van der Waals surface area (Å²) in [6.07, 6.45) is -3.66. The third-order valence-corrected chi connectivity index (χ3v) is 7.84. The number of benzene rings is 3. The Kier molecular flexibility index (Phi) is 8.07. The fraction of sp³-hybridized carbons (Fsp3) is 0.233. The Hall–Kier alpha value is -4.25. The zero-order chi connectivity index (χ0) is 29.1. The van der Waals surface area contributed by atoms with Gasteiger partial charge in [-0.25, -0.2) is 4.99 Å². The van der Waals surface area contributed by atoms with Crippen LogP contribution in [0.25, 0.3) is 0 Å². The van der Waals surface area contributed by atoms with Crippen LogP contribution < -0.4 is 15.4 Å². The second-order valence-corrected chi connectivity index (χ2v) is 10.6. The van der Waals surface area contributed by atoms with Crippen LogP contribution in [0.2, 0.25) is 0 Å². The molecule has 2 aliphatic rings. The van der Waals surface area contributed by atoms with E-state index in [1.54, 1.807) is 68.3 Å². The van der Waals surface area contributed by atoms with Gasteiger partial charge in [0.25, 0.3) is 11.8 Å². The number of fused-ring (bicyclic) bond motifs is 1. The van der Waals surface area contributed by atoms with Crippen LogP contribution in [0.15, 0.2) is 89.1 Å². The van der Waals surface area contributed by atoms with E-state index in [9.17, 15) is 22.8 Å². The van der Waals surface area contributed by atoms with Crippen LogP contribution in [-0.2, 0) is 11.0 Å². The largest absolute Gasteiger partial charge is 0.497 e. The van der Waals surface area contributed by atoms with Crippen molar-refractivity contribution in [3.8, 4) is 5.75 Å². The number of rotatable bonds is 6. The minimum atomic E-state index is -4.56. The summed E-state index contributed by atoms with van der Waals surface area (Å²) in [5.41, 5.74) is 1.77. The van der Waals surface area contributed by atoms with Crippen molar-refractivity contribution in [3.05, 3.63) is 101 Å². The number of thioether (sulfide) groups is 1. The number of amidine groups is 1. The smallest absolute Gasteiger partial charge is 0.416 e. The number of methoxy groups -OCH3 is 1. The van der Waals surface area contributed by atoms with Gasteiger partial charge in [0.1, 0.15) is 5.75 Å². The third kappa shape index (κ3) is 6.25. The lowest BCUT2D eigenvalue weighted by atomic mass is 9.93. The Morgan fingerprint density at radius 2 is 1.71 bits per heavy atom. The molecule has 212 valence electrons. The number of nitrogens with one attached hydrogen (secondary N) is 2. The first-order valence-electron chi connectivity index (χ1n) is 12.9. The topological polar surface area (TPSA) is 83.0 Å². The van der Waals surface area contributed by atoms with E-state index in [1.165, 1.54) is 12.1 Å². The Labute approximate surface area is 239 Å². The molecule has 0 bridgehead atoms. The van der Waals surface area contributed by atoms with E-state index >= 15 is 0 Å². The van der Waals surface area contributed by atoms with Crippen molar-refractivity contribution >= 4 is 40.1 Å². The van der Waals surface area contributed by atoms with Crippen LogP contribution in [0.4, 0.5) is 24.5 Å². The van der Waals surface area contributed by atoms with Crippen molar-refractivity contribution in [1.29, 1.82) is 0 Å². The van der Waals surface area contributed by atoms with E-state index < -0.39 is 23.7 Å². The molecule has 7 nitrogen and oxygen atoms in total. The van der Waals surface area contributed by atoms with E-state index in [1.807, 2.05) is 6.07 Å². The summed E-state index contributed by atoms with van der Waals surface area (Å²) in [7, 11) is 1.57. The van der Waals surface area contributed by atoms with E-state index in [-0.39, 0.29) is 11.5 Å². The van der Waals surface area contributed by atoms with E-state index in [0.717, 1.165) is 35.0 Å². The summed E-state index contributed by atoms with van der Waals surface area (Å²) in [6, 6.07) is 17.8. The molecule has 1 unspecified atom stereocenters. The van der Waals surface area contributed by atoms with Crippen molar-refractivity contribution in [2.24, 2.45) is 4.99 Å². The molecule has 1 atom stereocenters. The third-order valence-electron chi connectivity index (χ3n) is 6.76. The summed E-state index contributed by atoms with van der Waals surface area (Å²) in [4.78, 5) is 33.4. The molecule has 2 amide bonds. The van der Waals surface area contributed by atoms with Gasteiger partial charge in [-0.15, -0.1) is 0 Å². The lowest BCUT2D eigenvalue weighted by molar-refractivity contribution is -0.137. The van der Waals surface area contributed by atoms with Gasteiger partial charge in [0.15, 0.2) is 5.17 Å². The number of aliphatic imine (C=N–C) groups is 1. The van der Waals surface area contributed by atoms with Gasteiger partial charge in [0.2, 0.25) is 0 Å². The number of nitrogens with zero attached hydrogens (tertiary/aromatic N) is 2. The van der Waals surface area contributed by atoms with Gasteiger partial charge in [-0.2, -0.15) is 13.2 Å². The molecule has 2 heterocycles. The molecule has 5 rings (SSSR count). The first kappa shape index (κ1) is 28.3. The highest BCUT2D eigenvalue weighted by molar-refractivity contribution is 8.13. The zero-order valence-electron chi connectivity index (χ0n) is 22.3. The molecule has 0 saturated carbocycles. The SMILES string of the molecule is COc1ccc(NC(=O)C2=C(C)N=C3SCCCN3C2c2cccc(NC(=O)c3cccc(C(F)(F)F)c3)c2)cc1. The quantitative estimate of drug-likeness (QED) is 0.338. The van der Waals surface area contributed by atoms with Crippen molar-refractivity contribution in [3.63, 3.8) is 0 Å². The molecule has 41 heavy (non-hydrogen) atoms. The molecule has 0 aliphatic carbocycles. The van der Waals surface area contributed by atoms with Gasteiger partial charge in [-0.05, 0) is 73.5 Å². The second-order valence-electron chi connectivity index (χ2n) is 9.53. The zero-order valence-corrected chi connectivity index (χ0v) is 23.1.